The van der Waals surface area contributed by atoms with Gasteiger partial charge in [0.15, 0.2) is 0 Å². The Bertz CT molecular complexity index is 420. The molecule has 2 rings (SSSR count). The van der Waals surface area contributed by atoms with Gasteiger partial charge in [-0.25, -0.2) is 0 Å². The van der Waals surface area contributed by atoms with Crippen LogP contribution in [0.4, 0.5) is 0 Å². The first-order valence-corrected chi connectivity index (χ1v) is 6.97. The Labute approximate surface area is 116 Å². The summed E-state index contributed by atoms with van der Waals surface area (Å²) >= 11 is 2.21. The number of hydrogen-bond acceptors (Lipinski definition) is 2. The molecule has 2 unspecified atom stereocenters. The van der Waals surface area contributed by atoms with Gasteiger partial charge in [0.1, 0.15) is 0 Å². The zero-order chi connectivity index (χ0) is 12.4. The Morgan fingerprint density at radius 1 is 1.53 bits per heavy atom. The Balaban J connectivity index is 2.10. The molecule has 1 aliphatic heterocycles. The van der Waals surface area contributed by atoms with Crippen LogP contribution in [-0.2, 0) is 0 Å². The minimum Gasteiger partial charge on any atom is -0.338 e. The molecule has 1 heterocycles. The molecule has 1 aromatic carbocycles. The fourth-order valence-electron chi connectivity index (χ4n) is 2.21. The van der Waals surface area contributed by atoms with Crippen molar-refractivity contribution in [2.75, 3.05) is 13.1 Å². The second-order valence-electron chi connectivity index (χ2n) is 4.64. The lowest BCUT2D eigenvalue weighted by Gasteiger charge is -2.18. The number of nitrogens with zero attached hydrogens (tertiary/aromatic N) is 1. The normalized spacial score (nSPS) is 21.6. The molecular weight excluding hydrogens is 327 g/mol. The Morgan fingerprint density at radius 3 is 2.82 bits per heavy atom. The predicted molar refractivity (Wildman–Crippen MR) is 76.8 cm³/mol. The highest BCUT2D eigenvalue weighted by atomic mass is 127. The molecule has 1 aromatic rings. The first-order valence-electron chi connectivity index (χ1n) is 5.89. The molecule has 1 aliphatic rings. The van der Waals surface area contributed by atoms with Crippen LogP contribution in [0.25, 0.3) is 0 Å². The SMILES string of the molecule is CC(N)C1CCN(C(=O)c2ccccc2I)C1. The first-order chi connectivity index (χ1) is 8.09. The van der Waals surface area contributed by atoms with Gasteiger partial charge in [0.2, 0.25) is 0 Å². The molecular formula is C13H17IN2O. The van der Waals surface area contributed by atoms with Gasteiger partial charge >= 0.3 is 0 Å². The summed E-state index contributed by atoms with van der Waals surface area (Å²) in [7, 11) is 0. The highest BCUT2D eigenvalue weighted by Crippen LogP contribution is 2.22. The van der Waals surface area contributed by atoms with Crippen LogP contribution in [0.3, 0.4) is 0 Å². The second kappa shape index (κ2) is 5.35. The molecule has 0 bridgehead atoms. The number of rotatable bonds is 2. The van der Waals surface area contributed by atoms with E-state index >= 15 is 0 Å². The monoisotopic (exact) mass is 344 g/mol. The average Bonchev–Trinajstić information content (AvgIpc) is 2.78. The molecule has 4 heteroatoms. The number of carbonyl (C=O) groups excluding carboxylic acids is 1. The fourth-order valence-corrected chi connectivity index (χ4v) is 2.82. The first kappa shape index (κ1) is 12.8. The summed E-state index contributed by atoms with van der Waals surface area (Å²) in [5, 5.41) is 0. The van der Waals surface area contributed by atoms with Gasteiger partial charge in [0, 0.05) is 22.7 Å². The van der Waals surface area contributed by atoms with E-state index in [2.05, 4.69) is 22.6 Å². The number of likely N-dealkylation sites (tertiary alicyclic amines) is 1. The van der Waals surface area contributed by atoms with Gasteiger partial charge in [0.25, 0.3) is 5.91 Å². The summed E-state index contributed by atoms with van der Waals surface area (Å²) in [6.07, 6.45) is 1.02. The number of halogens is 1. The summed E-state index contributed by atoms with van der Waals surface area (Å²) in [4.78, 5) is 14.2. The summed E-state index contributed by atoms with van der Waals surface area (Å²) in [6.45, 7) is 3.64. The van der Waals surface area contributed by atoms with Crippen molar-refractivity contribution in [2.24, 2.45) is 11.7 Å². The quantitative estimate of drug-likeness (QED) is 0.836. The smallest absolute Gasteiger partial charge is 0.254 e. The molecule has 1 fully saturated rings. The van der Waals surface area contributed by atoms with Gasteiger partial charge in [-0.05, 0) is 54.0 Å². The second-order valence-corrected chi connectivity index (χ2v) is 5.80. The van der Waals surface area contributed by atoms with Gasteiger partial charge in [-0.15, -0.1) is 0 Å². The maximum Gasteiger partial charge on any atom is 0.254 e. The molecule has 0 radical (unpaired) electrons. The Morgan fingerprint density at radius 2 is 2.24 bits per heavy atom. The van der Waals surface area contributed by atoms with E-state index in [9.17, 15) is 4.79 Å². The molecule has 2 atom stereocenters. The van der Waals surface area contributed by atoms with Gasteiger partial charge < -0.3 is 10.6 Å². The van der Waals surface area contributed by atoms with E-state index in [0.717, 1.165) is 28.6 Å². The fraction of sp³-hybridized carbons (Fsp3) is 0.462. The third-order valence-electron chi connectivity index (χ3n) is 3.36. The number of hydrogen-bond donors (Lipinski definition) is 1. The third-order valence-corrected chi connectivity index (χ3v) is 4.30. The molecule has 1 amide bonds. The van der Waals surface area contributed by atoms with E-state index in [1.807, 2.05) is 36.1 Å². The largest absolute Gasteiger partial charge is 0.338 e. The lowest BCUT2D eigenvalue weighted by Crippen LogP contribution is -2.33. The van der Waals surface area contributed by atoms with Gasteiger partial charge in [-0.3, -0.25) is 4.79 Å². The van der Waals surface area contributed by atoms with Crippen LogP contribution in [-0.4, -0.2) is 29.9 Å². The van der Waals surface area contributed by atoms with Crippen LogP contribution >= 0.6 is 22.6 Å². The van der Waals surface area contributed by atoms with E-state index in [0.29, 0.717) is 5.92 Å². The predicted octanol–water partition coefficient (Wildman–Crippen LogP) is 2.10. The molecule has 0 aromatic heterocycles. The minimum atomic E-state index is 0.137. The van der Waals surface area contributed by atoms with Gasteiger partial charge in [-0.2, -0.15) is 0 Å². The summed E-state index contributed by atoms with van der Waals surface area (Å²) < 4.78 is 1.01. The molecule has 0 spiro atoms. The molecule has 0 aliphatic carbocycles. The van der Waals surface area contributed by atoms with Crippen molar-refractivity contribution >= 4 is 28.5 Å². The van der Waals surface area contributed by atoms with Crippen molar-refractivity contribution < 1.29 is 4.79 Å². The van der Waals surface area contributed by atoms with E-state index in [1.165, 1.54) is 0 Å². The van der Waals surface area contributed by atoms with Crippen molar-refractivity contribution in [3.05, 3.63) is 33.4 Å². The van der Waals surface area contributed by atoms with Crippen LogP contribution in [0, 0.1) is 9.49 Å². The standard InChI is InChI=1S/C13H17IN2O/c1-9(15)10-6-7-16(8-10)13(17)11-4-2-3-5-12(11)14/h2-5,9-10H,6-8,15H2,1H3. The number of benzene rings is 1. The molecule has 0 saturated carbocycles. The van der Waals surface area contributed by atoms with Crippen molar-refractivity contribution in [3.8, 4) is 0 Å². The third kappa shape index (κ3) is 2.80. The Kier molecular flexibility index (Phi) is 4.04. The van der Waals surface area contributed by atoms with Crippen molar-refractivity contribution in [1.29, 1.82) is 0 Å². The number of nitrogens with two attached hydrogens (primary N) is 1. The molecule has 17 heavy (non-hydrogen) atoms. The van der Waals surface area contributed by atoms with Crippen LogP contribution < -0.4 is 5.73 Å². The highest BCUT2D eigenvalue weighted by Gasteiger charge is 2.29. The van der Waals surface area contributed by atoms with Gasteiger partial charge in [0.05, 0.1) is 5.56 Å². The molecule has 1 saturated heterocycles. The topological polar surface area (TPSA) is 46.3 Å². The summed E-state index contributed by atoms with van der Waals surface area (Å²) in [6, 6.07) is 7.89. The van der Waals surface area contributed by atoms with Crippen LogP contribution in [0.1, 0.15) is 23.7 Å². The molecule has 2 N–H and O–H groups in total. The van der Waals surface area contributed by atoms with Crippen LogP contribution in [0.15, 0.2) is 24.3 Å². The molecule has 3 nitrogen and oxygen atoms in total. The maximum absolute atomic E-state index is 12.3. The highest BCUT2D eigenvalue weighted by molar-refractivity contribution is 14.1. The zero-order valence-corrected chi connectivity index (χ0v) is 12.1. The summed E-state index contributed by atoms with van der Waals surface area (Å²) in [5.74, 6) is 0.582. The summed E-state index contributed by atoms with van der Waals surface area (Å²) in [5.41, 5.74) is 6.69. The number of carbonyl (C=O) groups is 1. The lowest BCUT2D eigenvalue weighted by molar-refractivity contribution is 0.0785. The number of amides is 1. The van der Waals surface area contributed by atoms with Crippen molar-refractivity contribution in [1.82, 2.24) is 4.90 Å². The van der Waals surface area contributed by atoms with E-state index in [1.54, 1.807) is 0 Å². The zero-order valence-electron chi connectivity index (χ0n) is 9.90. The average molecular weight is 344 g/mol. The van der Waals surface area contributed by atoms with E-state index < -0.39 is 0 Å². The van der Waals surface area contributed by atoms with Crippen LogP contribution in [0.2, 0.25) is 0 Å². The van der Waals surface area contributed by atoms with Crippen LogP contribution in [0.5, 0.6) is 0 Å². The molecule has 92 valence electrons. The maximum atomic E-state index is 12.3. The van der Waals surface area contributed by atoms with Crippen molar-refractivity contribution in [3.63, 3.8) is 0 Å². The lowest BCUT2D eigenvalue weighted by atomic mass is 10.0. The minimum absolute atomic E-state index is 0.137. The van der Waals surface area contributed by atoms with Crippen molar-refractivity contribution in [2.45, 2.75) is 19.4 Å². The Hall–Kier alpha value is -0.620. The van der Waals surface area contributed by atoms with E-state index in [4.69, 9.17) is 5.73 Å². The van der Waals surface area contributed by atoms with Gasteiger partial charge in [-0.1, -0.05) is 12.1 Å². The van der Waals surface area contributed by atoms with E-state index in [-0.39, 0.29) is 11.9 Å².